The Balaban J connectivity index is 3.78. The molecular formula is C15H16F9NO3. The lowest BCUT2D eigenvalue weighted by atomic mass is 9.82. The van der Waals surface area contributed by atoms with Gasteiger partial charge in [0.15, 0.2) is 11.5 Å². The molecule has 0 saturated carbocycles. The Morgan fingerprint density at radius 1 is 0.750 bits per heavy atom. The maximum atomic E-state index is 12.8. The third-order valence-electron chi connectivity index (χ3n) is 3.20. The minimum Gasteiger partial charge on any atom is -0.406 e. The van der Waals surface area contributed by atoms with E-state index in [-0.39, 0.29) is 6.07 Å². The molecule has 0 saturated heterocycles. The van der Waals surface area contributed by atoms with E-state index >= 15 is 0 Å². The van der Waals surface area contributed by atoms with Gasteiger partial charge in [0.05, 0.1) is 0 Å². The monoisotopic (exact) mass is 429 g/mol. The van der Waals surface area contributed by atoms with Crippen LogP contribution < -0.4 is 19.5 Å². The summed E-state index contributed by atoms with van der Waals surface area (Å²) in [5.41, 5.74) is -1.63. The number of hydrogen-bond acceptors (Lipinski definition) is 4. The second-order valence-electron chi connectivity index (χ2n) is 6.57. The predicted octanol–water partition coefficient (Wildman–Crippen LogP) is 5.69. The highest BCUT2D eigenvalue weighted by Gasteiger charge is 2.41. The van der Waals surface area contributed by atoms with Gasteiger partial charge in [0.25, 0.3) is 0 Å². The van der Waals surface area contributed by atoms with Crippen molar-refractivity contribution < 1.29 is 53.7 Å². The first-order chi connectivity index (χ1) is 12.3. The summed E-state index contributed by atoms with van der Waals surface area (Å²) in [4.78, 5) is 0. The molecule has 0 aliphatic rings. The van der Waals surface area contributed by atoms with Crippen molar-refractivity contribution in [3.8, 4) is 17.2 Å². The third kappa shape index (κ3) is 7.52. The van der Waals surface area contributed by atoms with Crippen LogP contribution in [0.4, 0.5) is 39.5 Å². The summed E-state index contributed by atoms with van der Waals surface area (Å²) < 4.78 is 125. The summed E-state index contributed by atoms with van der Waals surface area (Å²) in [5, 5.41) is 2.54. The minimum atomic E-state index is -5.51. The van der Waals surface area contributed by atoms with Crippen LogP contribution in [0.5, 0.6) is 17.2 Å². The first-order valence-corrected chi connectivity index (χ1v) is 7.45. The molecule has 1 aromatic carbocycles. The number of benzene rings is 1. The van der Waals surface area contributed by atoms with E-state index in [0.29, 0.717) is 6.07 Å². The Bertz CT molecular complexity index is 676. The molecule has 0 radical (unpaired) electrons. The molecule has 0 amide bonds. The second kappa shape index (κ2) is 7.76. The molecule has 0 spiro atoms. The molecule has 13 heteroatoms. The van der Waals surface area contributed by atoms with Gasteiger partial charge < -0.3 is 19.5 Å². The van der Waals surface area contributed by atoms with Gasteiger partial charge >= 0.3 is 19.1 Å². The first kappa shape index (κ1) is 24.0. The fourth-order valence-corrected chi connectivity index (χ4v) is 2.48. The first-order valence-electron chi connectivity index (χ1n) is 7.45. The topological polar surface area (TPSA) is 39.7 Å². The minimum absolute atomic E-state index is 0.0148. The Morgan fingerprint density at radius 3 is 1.57 bits per heavy atom. The van der Waals surface area contributed by atoms with Crippen molar-refractivity contribution in [2.45, 2.75) is 45.9 Å². The predicted molar refractivity (Wildman–Crippen MR) is 77.7 cm³/mol. The molecule has 0 heterocycles. The van der Waals surface area contributed by atoms with Crippen LogP contribution in [0.25, 0.3) is 0 Å². The van der Waals surface area contributed by atoms with E-state index < -0.39 is 53.4 Å². The molecule has 1 atom stereocenters. The van der Waals surface area contributed by atoms with Crippen molar-refractivity contribution >= 4 is 0 Å². The van der Waals surface area contributed by atoms with Crippen molar-refractivity contribution in [3.63, 3.8) is 0 Å². The molecule has 28 heavy (non-hydrogen) atoms. The molecule has 1 rings (SSSR count). The molecule has 0 aliphatic heterocycles. The quantitative estimate of drug-likeness (QED) is 0.611. The fourth-order valence-electron chi connectivity index (χ4n) is 2.48. The fraction of sp³-hybridized carbons (Fsp3) is 0.600. The van der Waals surface area contributed by atoms with Gasteiger partial charge in [-0.3, -0.25) is 0 Å². The molecule has 0 bridgehead atoms. The van der Waals surface area contributed by atoms with Crippen LogP contribution >= 0.6 is 0 Å². The maximum absolute atomic E-state index is 12.8. The molecule has 0 aromatic heterocycles. The number of ether oxygens (including phenoxy) is 3. The number of halogens is 9. The zero-order chi connectivity index (χ0) is 22.1. The molecule has 1 unspecified atom stereocenters. The van der Waals surface area contributed by atoms with Crippen molar-refractivity contribution in [1.29, 1.82) is 0 Å². The lowest BCUT2D eigenvalue weighted by molar-refractivity contribution is -0.288. The zero-order valence-electron chi connectivity index (χ0n) is 14.9. The van der Waals surface area contributed by atoms with Gasteiger partial charge in [-0.25, -0.2) is 0 Å². The summed E-state index contributed by atoms with van der Waals surface area (Å²) in [5.74, 6) is -4.28. The molecule has 0 aliphatic carbocycles. The van der Waals surface area contributed by atoms with Crippen molar-refractivity contribution in [1.82, 2.24) is 5.32 Å². The van der Waals surface area contributed by atoms with Gasteiger partial charge in [-0.05, 0) is 18.5 Å². The Labute approximate surface area is 153 Å². The van der Waals surface area contributed by atoms with E-state index in [2.05, 4.69) is 19.5 Å². The normalized spacial score (nSPS) is 14.6. The largest absolute Gasteiger partial charge is 0.573 e. The lowest BCUT2D eigenvalue weighted by Gasteiger charge is -2.33. The molecule has 0 fully saturated rings. The summed E-state index contributed by atoms with van der Waals surface area (Å²) in [6.07, 6.45) is -16.3. The van der Waals surface area contributed by atoms with Gasteiger partial charge in [0.2, 0.25) is 0 Å². The van der Waals surface area contributed by atoms with Crippen LogP contribution in [-0.4, -0.2) is 26.1 Å². The van der Waals surface area contributed by atoms with E-state index in [1.807, 2.05) is 0 Å². The highest BCUT2D eigenvalue weighted by atomic mass is 19.4. The average molecular weight is 429 g/mol. The molecule has 162 valence electrons. The van der Waals surface area contributed by atoms with E-state index in [1.165, 1.54) is 27.8 Å². The lowest BCUT2D eigenvalue weighted by Crippen LogP contribution is -2.31. The molecule has 1 aromatic rings. The van der Waals surface area contributed by atoms with Crippen molar-refractivity contribution in [3.05, 3.63) is 17.7 Å². The third-order valence-corrected chi connectivity index (χ3v) is 3.20. The summed E-state index contributed by atoms with van der Waals surface area (Å²) in [6, 6.07) is -0.650. The molecular weight excluding hydrogens is 413 g/mol. The zero-order valence-corrected chi connectivity index (χ0v) is 14.9. The number of alkyl halides is 9. The summed E-state index contributed by atoms with van der Waals surface area (Å²) >= 11 is 0. The van der Waals surface area contributed by atoms with E-state index in [1.54, 1.807) is 0 Å². The Hall–Kier alpha value is -2.05. The number of nitrogens with one attached hydrogen (secondary N) is 1. The van der Waals surface area contributed by atoms with Gasteiger partial charge in [0.1, 0.15) is 5.75 Å². The van der Waals surface area contributed by atoms with Gasteiger partial charge in [-0.2, -0.15) is 0 Å². The number of rotatable bonds is 5. The van der Waals surface area contributed by atoms with Crippen molar-refractivity contribution in [2.75, 3.05) is 7.05 Å². The Kier molecular flexibility index (Phi) is 6.65. The number of hydrogen-bond donors (Lipinski definition) is 1. The highest BCUT2D eigenvalue weighted by Crippen LogP contribution is 2.47. The van der Waals surface area contributed by atoms with Gasteiger partial charge in [0, 0.05) is 17.7 Å². The Morgan fingerprint density at radius 2 is 1.21 bits per heavy atom. The van der Waals surface area contributed by atoms with Crippen LogP contribution in [0.3, 0.4) is 0 Å². The summed E-state index contributed by atoms with van der Waals surface area (Å²) in [7, 11) is 1.26. The van der Waals surface area contributed by atoms with Crippen LogP contribution in [0.2, 0.25) is 0 Å². The van der Waals surface area contributed by atoms with Gasteiger partial charge in [-0.15, -0.1) is 39.5 Å². The molecule has 4 nitrogen and oxygen atoms in total. The van der Waals surface area contributed by atoms with E-state index in [9.17, 15) is 39.5 Å². The molecule has 1 N–H and O–H groups in total. The summed E-state index contributed by atoms with van der Waals surface area (Å²) in [6.45, 7) is 4.48. The van der Waals surface area contributed by atoms with Crippen LogP contribution in [0.1, 0.15) is 32.4 Å². The average Bonchev–Trinajstić information content (AvgIpc) is 2.36. The van der Waals surface area contributed by atoms with Crippen molar-refractivity contribution in [2.24, 2.45) is 5.41 Å². The highest BCUT2D eigenvalue weighted by molar-refractivity contribution is 5.54. The second-order valence-corrected chi connectivity index (χ2v) is 6.57. The maximum Gasteiger partial charge on any atom is 0.573 e. The van der Waals surface area contributed by atoms with E-state index in [4.69, 9.17) is 0 Å². The van der Waals surface area contributed by atoms with Gasteiger partial charge in [-0.1, -0.05) is 20.8 Å². The SMILES string of the molecule is CNC(c1cc(OC(F)(F)F)cc(OC(F)(F)F)c1OC(F)(F)F)C(C)(C)C. The smallest absolute Gasteiger partial charge is 0.406 e. The van der Waals surface area contributed by atoms with Crippen LogP contribution in [-0.2, 0) is 0 Å². The standard InChI is InChI=1S/C15H16F9NO3/c1-12(2,3)11(25-4)8-5-7(26-13(16,17)18)6-9(27-14(19,20)21)10(8)28-15(22,23)24/h5-6,11,25H,1-4H3. The van der Waals surface area contributed by atoms with Crippen LogP contribution in [0.15, 0.2) is 12.1 Å². The van der Waals surface area contributed by atoms with Crippen LogP contribution in [0, 0.1) is 5.41 Å². The van der Waals surface area contributed by atoms with E-state index in [0.717, 1.165) is 0 Å².